The van der Waals surface area contributed by atoms with Gasteiger partial charge in [-0.3, -0.25) is 9.59 Å². The molecule has 1 aromatic heterocycles. The lowest BCUT2D eigenvalue weighted by atomic mass is 10.0. The summed E-state index contributed by atoms with van der Waals surface area (Å²) in [5.41, 5.74) is 1.05. The van der Waals surface area contributed by atoms with Gasteiger partial charge < -0.3 is 15.2 Å². The van der Waals surface area contributed by atoms with Crippen LogP contribution in [0.2, 0.25) is 0 Å². The van der Waals surface area contributed by atoms with Gasteiger partial charge in [-0.1, -0.05) is 24.3 Å². The molecule has 0 fully saturated rings. The highest BCUT2D eigenvalue weighted by atomic mass is 32.1. The first-order valence-corrected chi connectivity index (χ1v) is 10.3. The number of esters is 1. The van der Waals surface area contributed by atoms with Gasteiger partial charge in [0.1, 0.15) is 23.7 Å². The molecule has 0 aliphatic carbocycles. The molecule has 2 aromatic carbocycles. The zero-order chi connectivity index (χ0) is 21.9. The molecule has 7 heteroatoms. The number of carbonyl (C=O) groups is 3. The summed E-state index contributed by atoms with van der Waals surface area (Å²) in [4.78, 5) is 36.6. The van der Waals surface area contributed by atoms with Crippen molar-refractivity contribution < 1.29 is 24.2 Å². The highest BCUT2D eigenvalue weighted by Gasteiger charge is 2.28. The van der Waals surface area contributed by atoms with Crippen molar-refractivity contribution in [3.63, 3.8) is 0 Å². The second kappa shape index (κ2) is 8.67. The second-order valence-corrected chi connectivity index (χ2v) is 8.86. The average Bonchev–Trinajstić information content (AvgIpc) is 3.09. The van der Waals surface area contributed by atoms with Crippen LogP contribution in [0.3, 0.4) is 0 Å². The van der Waals surface area contributed by atoms with Crippen LogP contribution in [0.4, 0.5) is 0 Å². The summed E-state index contributed by atoms with van der Waals surface area (Å²) in [5, 5.41) is 14.8. The minimum atomic E-state index is -0.897. The third kappa shape index (κ3) is 5.24. The summed E-state index contributed by atoms with van der Waals surface area (Å²) in [6.07, 6.45) is 0.971. The molecule has 156 valence electrons. The Morgan fingerprint density at radius 3 is 2.50 bits per heavy atom. The molecule has 0 saturated heterocycles. The van der Waals surface area contributed by atoms with E-state index in [0.717, 1.165) is 16.5 Å². The van der Waals surface area contributed by atoms with Gasteiger partial charge in [0.2, 0.25) is 0 Å². The lowest BCUT2D eigenvalue weighted by Crippen LogP contribution is -2.45. The topological polar surface area (TPSA) is 92.7 Å². The SMILES string of the molecule is CC(C)(C)OC(=O)C(Cc1ccc(C=O)cc1)NC(=O)c1csc2cc(O)ccc12. The Kier molecular flexibility index (Phi) is 6.22. The van der Waals surface area contributed by atoms with Gasteiger partial charge in [0, 0.05) is 27.5 Å². The van der Waals surface area contributed by atoms with Gasteiger partial charge in [-0.25, -0.2) is 4.79 Å². The predicted molar refractivity (Wildman–Crippen MR) is 116 cm³/mol. The van der Waals surface area contributed by atoms with Crippen LogP contribution in [-0.2, 0) is 16.0 Å². The Balaban J connectivity index is 1.85. The molecular weight excluding hydrogens is 402 g/mol. The molecule has 0 radical (unpaired) electrons. The maximum Gasteiger partial charge on any atom is 0.329 e. The van der Waals surface area contributed by atoms with Crippen LogP contribution in [0.5, 0.6) is 5.75 Å². The number of aldehydes is 1. The Labute approximate surface area is 178 Å². The Bertz CT molecular complexity index is 1080. The molecule has 30 heavy (non-hydrogen) atoms. The second-order valence-electron chi connectivity index (χ2n) is 7.95. The maximum atomic E-state index is 13.0. The van der Waals surface area contributed by atoms with E-state index in [0.29, 0.717) is 16.5 Å². The smallest absolute Gasteiger partial charge is 0.329 e. The molecular formula is C23H23NO5S. The fourth-order valence-corrected chi connectivity index (χ4v) is 3.94. The third-order valence-corrected chi connectivity index (χ3v) is 5.30. The number of hydrogen-bond donors (Lipinski definition) is 2. The van der Waals surface area contributed by atoms with Crippen molar-refractivity contribution in [2.45, 2.75) is 38.8 Å². The van der Waals surface area contributed by atoms with Gasteiger partial charge >= 0.3 is 5.97 Å². The minimum absolute atomic E-state index is 0.127. The van der Waals surface area contributed by atoms with E-state index in [1.807, 2.05) is 0 Å². The quantitative estimate of drug-likeness (QED) is 0.458. The van der Waals surface area contributed by atoms with Gasteiger partial charge in [0.15, 0.2) is 0 Å². The lowest BCUT2D eigenvalue weighted by Gasteiger charge is -2.24. The van der Waals surface area contributed by atoms with E-state index in [4.69, 9.17) is 4.74 Å². The highest BCUT2D eigenvalue weighted by Crippen LogP contribution is 2.29. The maximum absolute atomic E-state index is 13.0. The molecule has 6 nitrogen and oxygen atoms in total. The molecule has 0 spiro atoms. The molecule has 0 bridgehead atoms. The standard InChI is InChI=1S/C23H23NO5S/c1-23(2,3)29-22(28)19(10-14-4-6-15(12-25)7-5-14)24-21(27)18-13-30-20-11-16(26)8-9-17(18)20/h4-9,11-13,19,26H,10H2,1-3H3,(H,24,27). The van der Waals surface area contributed by atoms with Crippen LogP contribution in [0.25, 0.3) is 10.1 Å². The normalized spacial score (nSPS) is 12.4. The van der Waals surface area contributed by atoms with Crippen LogP contribution in [-0.4, -0.2) is 34.9 Å². The molecule has 1 amide bonds. The Hall–Kier alpha value is -3.19. The number of carbonyl (C=O) groups excluding carboxylic acids is 3. The number of benzene rings is 2. The highest BCUT2D eigenvalue weighted by molar-refractivity contribution is 7.17. The van der Waals surface area contributed by atoms with Crippen molar-refractivity contribution in [2.75, 3.05) is 0 Å². The number of fused-ring (bicyclic) bond motifs is 1. The lowest BCUT2D eigenvalue weighted by molar-refractivity contribution is -0.157. The van der Waals surface area contributed by atoms with Crippen molar-refractivity contribution in [1.29, 1.82) is 0 Å². The predicted octanol–water partition coefficient (Wildman–Crippen LogP) is 4.10. The van der Waals surface area contributed by atoms with E-state index in [1.165, 1.54) is 17.4 Å². The first kappa shape index (κ1) is 21.5. The van der Waals surface area contributed by atoms with Crippen molar-refractivity contribution in [3.8, 4) is 5.75 Å². The molecule has 3 rings (SSSR count). The van der Waals surface area contributed by atoms with Gasteiger partial charge in [-0.2, -0.15) is 0 Å². The molecule has 1 atom stereocenters. The third-order valence-electron chi connectivity index (χ3n) is 4.36. The number of ether oxygens (including phenoxy) is 1. The van der Waals surface area contributed by atoms with Crippen molar-refractivity contribution >= 4 is 39.6 Å². The number of phenolic OH excluding ortho intramolecular Hbond substituents is 1. The number of thiophene rings is 1. The number of nitrogens with one attached hydrogen (secondary N) is 1. The first-order chi connectivity index (χ1) is 14.2. The number of hydrogen-bond acceptors (Lipinski definition) is 6. The van der Waals surface area contributed by atoms with Gasteiger partial charge in [-0.15, -0.1) is 11.3 Å². The van der Waals surface area contributed by atoms with Gasteiger partial charge in [0.05, 0.1) is 5.56 Å². The van der Waals surface area contributed by atoms with E-state index in [1.54, 1.807) is 62.5 Å². The van der Waals surface area contributed by atoms with E-state index in [2.05, 4.69) is 5.32 Å². The summed E-state index contributed by atoms with van der Waals surface area (Å²) in [6, 6.07) is 10.7. The van der Waals surface area contributed by atoms with Crippen LogP contribution < -0.4 is 5.32 Å². The molecule has 2 N–H and O–H groups in total. The molecule has 0 aliphatic heterocycles. The summed E-state index contributed by atoms with van der Waals surface area (Å²) in [7, 11) is 0. The fourth-order valence-electron chi connectivity index (χ4n) is 2.96. The summed E-state index contributed by atoms with van der Waals surface area (Å²) >= 11 is 1.34. The van der Waals surface area contributed by atoms with Crippen molar-refractivity contribution in [1.82, 2.24) is 5.32 Å². The van der Waals surface area contributed by atoms with Crippen molar-refractivity contribution in [2.24, 2.45) is 0 Å². The monoisotopic (exact) mass is 425 g/mol. The van der Waals surface area contributed by atoms with Crippen LogP contribution in [0, 0.1) is 0 Å². The van der Waals surface area contributed by atoms with Crippen LogP contribution >= 0.6 is 11.3 Å². The largest absolute Gasteiger partial charge is 0.508 e. The number of amides is 1. The number of aromatic hydroxyl groups is 1. The van der Waals surface area contributed by atoms with E-state index >= 15 is 0 Å². The molecule has 0 aliphatic rings. The number of rotatable bonds is 6. The zero-order valence-corrected chi connectivity index (χ0v) is 17.8. The molecule has 1 heterocycles. The van der Waals surface area contributed by atoms with Gasteiger partial charge in [0.25, 0.3) is 5.91 Å². The Morgan fingerprint density at radius 2 is 1.87 bits per heavy atom. The Morgan fingerprint density at radius 1 is 1.17 bits per heavy atom. The summed E-state index contributed by atoms with van der Waals surface area (Å²) in [5.74, 6) is -0.804. The summed E-state index contributed by atoms with van der Waals surface area (Å²) < 4.78 is 6.27. The minimum Gasteiger partial charge on any atom is -0.508 e. The average molecular weight is 426 g/mol. The van der Waals surface area contributed by atoms with Crippen molar-refractivity contribution in [3.05, 3.63) is 64.5 Å². The van der Waals surface area contributed by atoms with Crippen LogP contribution in [0.15, 0.2) is 47.8 Å². The van der Waals surface area contributed by atoms with E-state index in [-0.39, 0.29) is 12.2 Å². The molecule has 0 saturated carbocycles. The molecule has 3 aromatic rings. The van der Waals surface area contributed by atoms with E-state index < -0.39 is 23.5 Å². The first-order valence-electron chi connectivity index (χ1n) is 9.44. The zero-order valence-electron chi connectivity index (χ0n) is 17.0. The fraction of sp³-hybridized carbons (Fsp3) is 0.261. The van der Waals surface area contributed by atoms with E-state index in [9.17, 15) is 19.5 Å². The molecule has 1 unspecified atom stereocenters. The number of phenols is 1. The van der Waals surface area contributed by atoms with Gasteiger partial charge in [-0.05, 0) is 44.5 Å². The van der Waals surface area contributed by atoms with Crippen LogP contribution in [0.1, 0.15) is 47.1 Å². The summed E-state index contributed by atoms with van der Waals surface area (Å²) in [6.45, 7) is 5.30.